The van der Waals surface area contributed by atoms with Gasteiger partial charge in [0.25, 0.3) is 11.8 Å². The second-order valence-electron chi connectivity index (χ2n) is 6.81. The molecule has 0 bridgehead atoms. The second kappa shape index (κ2) is 7.38. The van der Waals surface area contributed by atoms with E-state index in [1.807, 2.05) is 30.3 Å². The first-order valence-corrected chi connectivity index (χ1v) is 9.11. The number of benzene rings is 2. The van der Waals surface area contributed by atoms with E-state index in [0.29, 0.717) is 6.54 Å². The third-order valence-electron chi connectivity index (χ3n) is 4.98. The molecule has 3 aromatic rings. The molecule has 29 heavy (non-hydrogen) atoms. The maximum atomic E-state index is 13.2. The van der Waals surface area contributed by atoms with E-state index in [1.165, 1.54) is 23.9 Å². The number of halogens is 1. The average Bonchev–Trinajstić information content (AvgIpc) is 3.09. The number of fused-ring (bicyclic) bond motifs is 1. The predicted octanol–water partition coefficient (Wildman–Crippen LogP) is 2.33. The first-order valence-electron chi connectivity index (χ1n) is 9.11. The van der Waals surface area contributed by atoms with Gasteiger partial charge in [-0.25, -0.2) is 9.07 Å². The molecule has 0 saturated carbocycles. The van der Waals surface area contributed by atoms with E-state index in [4.69, 9.17) is 0 Å². The first-order chi connectivity index (χ1) is 14.0. The minimum atomic E-state index is -0.575. The molecular weight excluding hydrogens is 375 g/mol. The van der Waals surface area contributed by atoms with Gasteiger partial charge in [0, 0.05) is 20.1 Å². The smallest absolute Gasteiger partial charge is 0.276 e. The fraction of sp³-hybridized carbons (Fsp3) is 0.190. The summed E-state index contributed by atoms with van der Waals surface area (Å²) in [6.45, 7) is 0.532. The minimum Gasteiger partial charge on any atom is -0.504 e. The van der Waals surface area contributed by atoms with Crippen LogP contribution in [0.2, 0.25) is 0 Å². The Morgan fingerprint density at radius 1 is 1.21 bits per heavy atom. The van der Waals surface area contributed by atoms with E-state index in [-0.39, 0.29) is 29.8 Å². The standard InChI is InChI=1S/C21H19FN4O3/c1-23-20(28)17-19(27)18-21(29)25(11-13-7-9-15(22)10-8-13)12-16(26(18)24-17)14-5-3-2-4-6-14/h2-10,16,27H,11-12H2,1H3,(H,23,28). The summed E-state index contributed by atoms with van der Waals surface area (Å²) >= 11 is 0. The molecule has 4 rings (SSSR count). The van der Waals surface area contributed by atoms with Crippen molar-refractivity contribution in [1.29, 1.82) is 0 Å². The van der Waals surface area contributed by atoms with Crippen molar-refractivity contribution >= 4 is 11.8 Å². The lowest BCUT2D eigenvalue weighted by molar-refractivity contribution is 0.0656. The lowest BCUT2D eigenvalue weighted by Crippen LogP contribution is -2.43. The number of aromatic nitrogens is 2. The van der Waals surface area contributed by atoms with Gasteiger partial charge in [-0.05, 0) is 23.3 Å². The highest BCUT2D eigenvalue weighted by atomic mass is 19.1. The van der Waals surface area contributed by atoms with Crippen molar-refractivity contribution in [1.82, 2.24) is 20.0 Å². The summed E-state index contributed by atoms with van der Waals surface area (Å²) in [5, 5.41) is 17.3. The Hall–Kier alpha value is -3.68. The van der Waals surface area contributed by atoms with Gasteiger partial charge in [-0.1, -0.05) is 42.5 Å². The maximum absolute atomic E-state index is 13.2. The number of carbonyl (C=O) groups excluding carboxylic acids is 2. The molecular formula is C21H19FN4O3. The second-order valence-corrected chi connectivity index (χ2v) is 6.81. The molecule has 148 valence electrons. The lowest BCUT2D eigenvalue weighted by atomic mass is 10.0. The van der Waals surface area contributed by atoms with Crippen LogP contribution >= 0.6 is 0 Å². The number of nitrogens with one attached hydrogen (secondary N) is 1. The summed E-state index contributed by atoms with van der Waals surface area (Å²) in [6, 6.07) is 14.9. The highest BCUT2D eigenvalue weighted by Gasteiger charge is 2.38. The van der Waals surface area contributed by atoms with Gasteiger partial charge in [-0.2, -0.15) is 5.10 Å². The van der Waals surface area contributed by atoms with Crippen molar-refractivity contribution in [3.05, 3.63) is 82.9 Å². The van der Waals surface area contributed by atoms with E-state index in [2.05, 4.69) is 10.4 Å². The van der Waals surface area contributed by atoms with Crippen molar-refractivity contribution < 1.29 is 19.1 Å². The zero-order valence-corrected chi connectivity index (χ0v) is 15.7. The largest absolute Gasteiger partial charge is 0.504 e. The average molecular weight is 394 g/mol. The van der Waals surface area contributed by atoms with E-state index >= 15 is 0 Å². The van der Waals surface area contributed by atoms with E-state index in [0.717, 1.165) is 11.1 Å². The fourth-order valence-corrected chi connectivity index (χ4v) is 3.51. The molecule has 1 atom stereocenters. The molecule has 1 aromatic heterocycles. The fourth-order valence-electron chi connectivity index (χ4n) is 3.51. The van der Waals surface area contributed by atoms with Crippen LogP contribution in [0.5, 0.6) is 5.75 Å². The molecule has 2 heterocycles. The Morgan fingerprint density at radius 3 is 2.55 bits per heavy atom. The van der Waals surface area contributed by atoms with Crippen LogP contribution in [0.25, 0.3) is 0 Å². The van der Waals surface area contributed by atoms with Gasteiger partial charge in [-0.15, -0.1) is 0 Å². The molecule has 2 aromatic carbocycles. The van der Waals surface area contributed by atoms with E-state index in [1.54, 1.807) is 17.0 Å². The summed E-state index contributed by atoms with van der Waals surface area (Å²) in [5.41, 5.74) is 1.41. The van der Waals surface area contributed by atoms with Gasteiger partial charge < -0.3 is 15.3 Å². The lowest BCUT2D eigenvalue weighted by Gasteiger charge is -2.33. The zero-order valence-electron chi connectivity index (χ0n) is 15.7. The predicted molar refractivity (Wildman–Crippen MR) is 103 cm³/mol. The van der Waals surface area contributed by atoms with Crippen molar-refractivity contribution in [2.75, 3.05) is 13.6 Å². The molecule has 0 spiro atoms. The molecule has 7 nitrogen and oxygen atoms in total. The normalized spacial score (nSPS) is 15.9. The number of hydrogen-bond donors (Lipinski definition) is 2. The van der Waals surface area contributed by atoms with Gasteiger partial charge in [-0.3, -0.25) is 9.59 Å². The highest BCUT2D eigenvalue weighted by molar-refractivity contribution is 6.02. The van der Waals surface area contributed by atoms with Crippen LogP contribution in [-0.4, -0.2) is 45.2 Å². The van der Waals surface area contributed by atoms with E-state index < -0.39 is 17.6 Å². The van der Waals surface area contributed by atoms with Gasteiger partial charge in [0.15, 0.2) is 17.1 Å². The minimum absolute atomic E-state index is 0.0363. The van der Waals surface area contributed by atoms with Crippen LogP contribution in [-0.2, 0) is 6.54 Å². The van der Waals surface area contributed by atoms with Crippen LogP contribution in [0.15, 0.2) is 54.6 Å². The molecule has 0 saturated heterocycles. The molecule has 8 heteroatoms. The Balaban J connectivity index is 1.78. The van der Waals surface area contributed by atoms with Crippen LogP contribution in [0, 0.1) is 5.82 Å². The summed E-state index contributed by atoms with van der Waals surface area (Å²) in [6.07, 6.45) is 0. The van der Waals surface area contributed by atoms with Gasteiger partial charge in [0.1, 0.15) is 5.82 Å². The van der Waals surface area contributed by atoms with Crippen LogP contribution in [0.1, 0.15) is 38.1 Å². The number of rotatable bonds is 4. The quantitative estimate of drug-likeness (QED) is 0.711. The molecule has 0 radical (unpaired) electrons. The third-order valence-corrected chi connectivity index (χ3v) is 4.98. The van der Waals surface area contributed by atoms with Gasteiger partial charge in [0.05, 0.1) is 6.04 Å². The summed E-state index contributed by atoms with van der Waals surface area (Å²) < 4.78 is 14.6. The Bertz CT molecular complexity index is 1060. The summed E-state index contributed by atoms with van der Waals surface area (Å²) in [5.74, 6) is -1.82. The zero-order chi connectivity index (χ0) is 20.5. The number of nitrogens with zero attached hydrogens (tertiary/aromatic N) is 3. The molecule has 1 aliphatic heterocycles. The van der Waals surface area contributed by atoms with Crippen LogP contribution < -0.4 is 5.32 Å². The highest BCUT2D eigenvalue weighted by Crippen LogP contribution is 2.34. The SMILES string of the molecule is CNC(=O)c1nn2c(c1O)C(=O)N(Cc1ccc(F)cc1)CC2c1ccccc1. The molecule has 2 amide bonds. The summed E-state index contributed by atoms with van der Waals surface area (Å²) in [4.78, 5) is 26.8. The van der Waals surface area contributed by atoms with Crippen LogP contribution in [0.4, 0.5) is 4.39 Å². The first kappa shape index (κ1) is 18.7. The van der Waals surface area contributed by atoms with Crippen molar-refractivity contribution in [2.45, 2.75) is 12.6 Å². The molecule has 2 N–H and O–H groups in total. The number of carbonyl (C=O) groups is 2. The molecule has 0 fully saturated rings. The molecule has 1 aliphatic rings. The monoisotopic (exact) mass is 394 g/mol. The Morgan fingerprint density at radius 2 is 1.90 bits per heavy atom. The van der Waals surface area contributed by atoms with Crippen molar-refractivity contribution in [2.24, 2.45) is 0 Å². The molecule has 0 aliphatic carbocycles. The Labute approximate surface area is 166 Å². The van der Waals surface area contributed by atoms with E-state index in [9.17, 15) is 19.1 Å². The van der Waals surface area contributed by atoms with Crippen molar-refractivity contribution in [3.63, 3.8) is 0 Å². The van der Waals surface area contributed by atoms with Crippen molar-refractivity contribution in [3.8, 4) is 5.75 Å². The Kier molecular flexibility index (Phi) is 4.75. The third kappa shape index (κ3) is 3.33. The maximum Gasteiger partial charge on any atom is 0.276 e. The number of aromatic hydroxyl groups is 1. The topological polar surface area (TPSA) is 87.5 Å². The van der Waals surface area contributed by atoms with Gasteiger partial charge in [0.2, 0.25) is 0 Å². The molecule has 1 unspecified atom stereocenters. The van der Waals surface area contributed by atoms with Gasteiger partial charge >= 0.3 is 0 Å². The van der Waals surface area contributed by atoms with Crippen LogP contribution in [0.3, 0.4) is 0 Å². The summed E-state index contributed by atoms with van der Waals surface area (Å²) in [7, 11) is 1.43. The number of hydrogen-bond acceptors (Lipinski definition) is 4. The number of amides is 2.